The van der Waals surface area contributed by atoms with Crippen molar-refractivity contribution in [3.05, 3.63) is 0 Å². The van der Waals surface area contributed by atoms with Crippen LogP contribution in [0.3, 0.4) is 0 Å². The van der Waals surface area contributed by atoms with Crippen molar-refractivity contribution in [3.8, 4) is 0 Å². The predicted octanol–water partition coefficient (Wildman–Crippen LogP) is 1.08. The predicted molar refractivity (Wildman–Crippen MR) is 59.3 cm³/mol. The summed E-state index contributed by atoms with van der Waals surface area (Å²) in [6, 6.07) is 0.362. The summed E-state index contributed by atoms with van der Waals surface area (Å²) in [5, 5.41) is 0. The van der Waals surface area contributed by atoms with Gasteiger partial charge >= 0.3 is 0 Å². The number of ether oxygens (including phenoxy) is 1. The molecular formula is C11H24N2O. The van der Waals surface area contributed by atoms with E-state index in [1.54, 1.807) is 7.11 Å². The summed E-state index contributed by atoms with van der Waals surface area (Å²) < 4.78 is 5.39. The van der Waals surface area contributed by atoms with E-state index in [9.17, 15) is 0 Å². The standard InChI is InChI=1S/C11H24N2O/c1-9-7-13(8-10(9)12)6-5-11(2,3)14-4/h9-10H,5-8,12H2,1-4H3. The summed E-state index contributed by atoms with van der Waals surface area (Å²) in [6.45, 7) is 9.77. The third-order valence-corrected chi connectivity index (χ3v) is 3.33. The molecule has 1 aliphatic rings. The molecule has 0 aliphatic carbocycles. The summed E-state index contributed by atoms with van der Waals surface area (Å²) >= 11 is 0. The maximum absolute atomic E-state index is 5.97. The number of nitrogens with two attached hydrogens (primary N) is 1. The number of hydrogen-bond donors (Lipinski definition) is 1. The van der Waals surface area contributed by atoms with Crippen LogP contribution in [0.1, 0.15) is 27.2 Å². The molecule has 1 saturated heterocycles. The van der Waals surface area contributed by atoms with Crippen molar-refractivity contribution >= 4 is 0 Å². The lowest BCUT2D eigenvalue weighted by molar-refractivity contribution is 0.00876. The second kappa shape index (κ2) is 4.60. The average molecular weight is 200 g/mol. The van der Waals surface area contributed by atoms with E-state index >= 15 is 0 Å². The van der Waals surface area contributed by atoms with Crippen molar-refractivity contribution < 1.29 is 4.74 Å². The van der Waals surface area contributed by atoms with Gasteiger partial charge in [-0.25, -0.2) is 0 Å². The molecule has 0 radical (unpaired) electrons. The second-order valence-corrected chi connectivity index (χ2v) is 5.11. The summed E-state index contributed by atoms with van der Waals surface area (Å²) in [6.07, 6.45) is 1.07. The average Bonchev–Trinajstić information content (AvgIpc) is 2.44. The van der Waals surface area contributed by atoms with Crippen molar-refractivity contribution in [2.24, 2.45) is 11.7 Å². The third kappa shape index (κ3) is 3.23. The summed E-state index contributed by atoms with van der Waals surface area (Å²) in [5.74, 6) is 0.639. The molecule has 0 aromatic carbocycles. The Bertz CT molecular complexity index is 172. The quantitative estimate of drug-likeness (QED) is 0.738. The summed E-state index contributed by atoms with van der Waals surface area (Å²) in [7, 11) is 1.78. The van der Waals surface area contributed by atoms with Gasteiger partial charge in [0.25, 0.3) is 0 Å². The molecule has 1 rings (SSSR count). The Balaban J connectivity index is 2.27. The Hall–Kier alpha value is -0.120. The highest BCUT2D eigenvalue weighted by atomic mass is 16.5. The van der Waals surface area contributed by atoms with E-state index < -0.39 is 0 Å². The highest BCUT2D eigenvalue weighted by Crippen LogP contribution is 2.18. The Kier molecular flexibility index (Phi) is 3.93. The smallest absolute Gasteiger partial charge is 0.0634 e. The number of nitrogens with zero attached hydrogens (tertiary/aromatic N) is 1. The van der Waals surface area contributed by atoms with Crippen LogP contribution in [0.2, 0.25) is 0 Å². The van der Waals surface area contributed by atoms with Crippen molar-refractivity contribution in [3.63, 3.8) is 0 Å². The number of rotatable bonds is 4. The fraction of sp³-hybridized carbons (Fsp3) is 1.00. The lowest BCUT2D eigenvalue weighted by Gasteiger charge is -2.26. The van der Waals surface area contributed by atoms with Gasteiger partial charge in [-0.05, 0) is 26.2 Å². The molecule has 2 atom stereocenters. The van der Waals surface area contributed by atoms with Crippen LogP contribution >= 0.6 is 0 Å². The minimum absolute atomic E-state index is 0.00404. The summed E-state index contributed by atoms with van der Waals surface area (Å²) in [5.41, 5.74) is 5.96. The van der Waals surface area contributed by atoms with E-state index in [0.29, 0.717) is 12.0 Å². The highest BCUT2D eigenvalue weighted by Gasteiger charge is 2.27. The minimum atomic E-state index is -0.00404. The number of methoxy groups -OCH3 is 1. The molecule has 2 unspecified atom stereocenters. The normalized spacial score (nSPS) is 29.8. The molecule has 0 spiro atoms. The van der Waals surface area contributed by atoms with E-state index in [1.165, 1.54) is 0 Å². The van der Waals surface area contributed by atoms with Gasteiger partial charge in [-0.2, -0.15) is 0 Å². The second-order valence-electron chi connectivity index (χ2n) is 5.11. The van der Waals surface area contributed by atoms with Crippen LogP contribution in [0.5, 0.6) is 0 Å². The molecule has 3 heteroatoms. The molecule has 1 heterocycles. The molecule has 14 heavy (non-hydrogen) atoms. The van der Waals surface area contributed by atoms with Gasteiger partial charge in [0.2, 0.25) is 0 Å². The molecular weight excluding hydrogens is 176 g/mol. The van der Waals surface area contributed by atoms with E-state index in [-0.39, 0.29) is 5.60 Å². The molecule has 84 valence electrons. The zero-order valence-corrected chi connectivity index (χ0v) is 9.92. The zero-order valence-electron chi connectivity index (χ0n) is 9.92. The first kappa shape index (κ1) is 12.0. The zero-order chi connectivity index (χ0) is 10.8. The largest absolute Gasteiger partial charge is 0.379 e. The van der Waals surface area contributed by atoms with Crippen LogP contribution in [-0.4, -0.2) is 43.3 Å². The van der Waals surface area contributed by atoms with Gasteiger partial charge in [-0.15, -0.1) is 0 Å². The third-order valence-electron chi connectivity index (χ3n) is 3.33. The molecule has 0 saturated carbocycles. The molecule has 1 fully saturated rings. The van der Waals surface area contributed by atoms with Crippen LogP contribution in [0.4, 0.5) is 0 Å². The lowest BCUT2D eigenvalue weighted by Crippen LogP contribution is -2.33. The summed E-state index contributed by atoms with van der Waals surface area (Å²) in [4.78, 5) is 2.44. The Morgan fingerprint density at radius 3 is 2.50 bits per heavy atom. The Morgan fingerprint density at radius 2 is 2.07 bits per heavy atom. The van der Waals surface area contributed by atoms with Gasteiger partial charge in [-0.3, -0.25) is 0 Å². The van der Waals surface area contributed by atoms with Gasteiger partial charge < -0.3 is 15.4 Å². The maximum atomic E-state index is 5.97. The Labute approximate surface area is 87.6 Å². The lowest BCUT2D eigenvalue weighted by atomic mass is 10.1. The molecule has 0 aromatic rings. The fourth-order valence-corrected chi connectivity index (χ4v) is 1.81. The van der Waals surface area contributed by atoms with E-state index in [4.69, 9.17) is 10.5 Å². The van der Waals surface area contributed by atoms with Gasteiger partial charge in [0.05, 0.1) is 5.60 Å². The van der Waals surface area contributed by atoms with Crippen LogP contribution in [0.15, 0.2) is 0 Å². The van der Waals surface area contributed by atoms with Crippen molar-refractivity contribution in [2.75, 3.05) is 26.7 Å². The van der Waals surface area contributed by atoms with E-state index in [0.717, 1.165) is 26.1 Å². The first-order valence-corrected chi connectivity index (χ1v) is 5.48. The molecule has 2 N–H and O–H groups in total. The van der Waals surface area contributed by atoms with Crippen molar-refractivity contribution in [1.82, 2.24) is 4.90 Å². The SMILES string of the molecule is COC(C)(C)CCN1CC(C)C(N)C1. The molecule has 0 amide bonds. The van der Waals surface area contributed by atoms with Gasteiger partial charge in [-0.1, -0.05) is 6.92 Å². The van der Waals surface area contributed by atoms with Crippen molar-refractivity contribution in [1.29, 1.82) is 0 Å². The first-order valence-electron chi connectivity index (χ1n) is 5.48. The monoisotopic (exact) mass is 200 g/mol. The van der Waals surface area contributed by atoms with Gasteiger partial charge in [0.15, 0.2) is 0 Å². The van der Waals surface area contributed by atoms with Gasteiger partial charge in [0.1, 0.15) is 0 Å². The number of likely N-dealkylation sites (tertiary alicyclic amines) is 1. The molecule has 3 nitrogen and oxygen atoms in total. The van der Waals surface area contributed by atoms with Crippen LogP contribution in [0.25, 0.3) is 0 Å². The van der Waals surface area contributed by atoms with Crippen molar-refractivity contribution in [2.45, 2.75) is 38.8 Å². The Morgan fingerprint density at radius 1 is 1.43 bits per heavy atom. The number of hydrogen-bond acceptors (Lipinski definition) is 3. The first-order chi connectivity index (χ1) is 6.44. The van der Waals surface area contributed by atoms with Crippen LogP contribution < -0.4 is 5.73 Å². The maximum Gasteiger partial charge on any atom is 0.0634 e. The molecule has 0 bridgehead atoms. The van der Waals surface area contributed by atoms with E-state index in [2.05, 4.69) is 25.7 Å². The van der Waals surface area contributed by atoms with Crippen LogP contribution in [-0.2, 0) is 4.74 Å². The van der Waals surface area contributed by atoms with Gasteiger partial charge in [0, 0.05) is 32.8 Å². The minimum Gasteiger partial charge on any atom is -0.379 e. The van der Waals surface area contributed by atoms with Crippen LogP contribution in [0, 0.1) is 5.92 Å². The fourth-order valence-electron chi connectivity index (χ4n) is 1.81. The van der Waals surface area contributed by atoms with E-state index in [1.807, 2.05) is 0 Å². The highest BCUT2D eigenvalue weighted by molar-refractivity contribution is 4.85. The topological polar surface area (TPSA) is 38.5 Å². The molecule has 1 aliphatic heterocycles. The molecule has 0 aromatic heterocycles.